The van der Waals surface area contributed by atoms with E-state index in [2.05, 4.69) is 10.6 Å². The molecule has 1 aromatic carbocycles. The van der Waals surface area contributed by atoms with Gasteiger partial charge in [-0.15, -0.1) is 0 Å². The molecule has 4 unspecified atom stereocenters. The Morgan fingerprint density at radius 1 is 0.960 bits per heavy atom. The fourth-order valence-corrected chi connectivity index (χ4v) is 3.94. The van der Waals surface area contributed by atoms with Gasteiger partial charge in [0.05, 0.1) is 11.8 Å². The highest BCUT2D eigenvalue weighted by Crippen LogP contribution is 2.48. The van der Waals surface area contributed by atoms with Crippen LogP contribution in [0.2, 0.25) is 0 Å². The monoisotopic (exact) mass is 340 g/mol. The van der Waals surface area contributed by atoms with Crippen LogP contribution in [0.5, 0.6) is 0 Å². The highest BCUT2D eigenvalue weighted by Gasteiger charge is 2.51. The molecule has 3 N–H and O–H groups in total. The lowest BCUT2D eigenvalue weighted by Gasteiger charge is -2.23. The first-order chi connectivity index (χ1) is 12.0. The topological polar surface area (TPSA) is 95.5 Å². The second-order valence-corrected chi connectivity index (χ2v) is 7.15. The molecule has 4 rings (SSSR count). The minimum absolute atomic E-state index is 0.00491. The van der Waals surface area contributed by atoms with E-state index >= 15 is 0 Å². The van der Waals surface area contributed by atoms with Gasteiger partial charge in [-0.25, -0.2) is 0 Å². The number of aliphatic carboxylic acids is 1. The van der Waals surface area contributed by atoms with Gasteiger partial charge in [0.1, 0.15) is 0 Å². The summed E-state index contributed by atoms with van der Waals surface area (Å²) in [4.78, 5) is 36.1. The van der Waals surface area contributed by atoms with E-state index in [1.54, 1.807) is 24.3 Å². The first-order valence-corrected chi connectivity index (χ1v) is 8.66. The van der Waals surface area contributed by atoms with Crippen molar-refractivity contribution >= 4 is 23.5 Å². The van der Waals surface area contributed by atoms with Crippen molar-refractivity contribution in [3.8, 4) is 0 Å². The third kappa shape index (κ3) is 3.04. The number of allylic oxidation sites excluding steroid dienone is 2. The summed E-state index contributed by atoms with van der Waals surface area (Å²) < 4.78 is 0. The van der Waals surface area contributed by atoms with Gasteiger partial charge in [-0.2, -0.15) is 0 Å². The van der Waals surface area contributed by atoms with Crippen molar-refractivity contribution in [3.05, 3.63) is 42.0 Å². The third-order valence-electron chi connectivity index (χ3n) is 5.37. The second-order valence-electron chi connectivity index (χ2n) is 7.15. The number of carboxylic acids is 1. The van der Waals surface area contributed by atoms with Gasteiger partial charge in [-0.05, 0) is 55.4 Å². The maximum absolute atomic E-state index is 12.6. The highest BCUT2D eigenvalue weighted by molar-refractivity contribution is 5.98. The summed E-state index contributed by atoms with van der Waals surface area (Å²) in [5.41, 5.74) is 1.13. The van der Waals surface area contributed by atoms with Gasteiger partial charge in [-0.1, -0.05) is 12.2 Å². The van der Waals surface area contributed by atoms with E-state index in [-0.39, 0.29) is 23.7 Å². The largest absolute Gasteiger partial charge is 0.481 e. The molecule has 2 saturated carbocycles. The van der Waals surface area contributed by atoms with Crippen molar-refractivity contribution in [2.24, 2.45) is 23.7 Å². The molecule has 1 aromatic rings. The molecule has 0 aliphatic heterocycles. The van der Waals surface area contributed by atoms with Gasteiger partial charge in [0.2, 0.25) is 5.91 Å². The van der Waals surface area contributed by atoms with Crippen LogP contribution in [0.15, 0.2) is 36.4 Å². The van der Waals surface area contributed by atoms with Gasteiger partial charge in [0, 0.05) is 17.3 Å². The number of carbonyl (C=O) groups is 3. The lowest BCUT2D eigenvalue weighted by molar-refractivity contribution is -0.146. The van der Waals surface area contributed by atoms with Crippen LogP contribution in [0.25, 0.3) is 0 Å². The van der Waals surface area contributed by atoms with Crippen LogP contribution in [-0.2, 0) is 9.59 Å². The zero-order valence-electron chi connectivity index (χ0n) is 13.6. The van der Waals surface area contributed by atoms with Gasteiger partial charge < -0.3 is 15.7 Å². The molecule has 4 atom stereocenters. The van der Waals surface area contributed by atoms with E-state index in [9.17, 15) is 19.5 Å². The summed E-state index contributed by atoms with van der Waals surface area (Å²) in [5, 5.41) is 15.2. The number of nitrogens with one attached hydrogen (secondary N) is 2. The van der Waals surface area contributed by atoms with E-state index in [1.165, 1.54) is 0 Å². The maximum Gasteiger partial charge on any atom is 0.307 e. The number of hydrogen-bond acceptors (Lipinski definition) is 3. The molecule has 0 saturated heterocycles. The van der Waals surface area contributed by atoms with Crippen molar-refractivity contribution in [3.63, 3.8) is 0 Å². The number of rotatable bonds is 5. The average molecular weight is 340 g/mol. The Hall–Kier alpha value is -2.63. The molecule has 0 aromatic heterocycles. The maximum atomic E-state index is 12.6. The summed E-state index contributed by atoms with van der Waals surface area (Å²) in [5.74, 6) is -2.53. The number of anilines is 1. The molecule has 2 amide bonds. The van der Waals surface area contributed by atoms with Gasteiger partial charge >= 0.3 is 5.97 Å². The van der Waals surface area contributed by atoms with E-state index in [1.807, 2.05) is 12.2 Å². The summed E-state index contributed by atoms with van der Waals surface area (Å²) in [7, 11) is 0. The lowest BCUT2D eigenvalue weighted by atomic mass is 9.82. The number of carbonyl (C=O) groups excluding carboxylic acids is 2. The fourth-order valence-electron chi connectivity index (χ4n) is 3.94. The van der Waals surface area contributed by atoms with Crippen molar-refractivity contribution in [2.75, 3.05) is 5.32 Å². The Bertz CT molecular complexity index is 751. The number of hydrogen-bond donors (Lipinski definition) is 3. The zero-order valence-corrected chi connectivity index (χ0v) is 13.6. The number of benzene rings is 1. The first-order valence-electron chi connectivity index (χ1n) is 8.66. The molecule has 2 bridgehead atoms. The second kappa shape index (κ2) is 6.02. The van der Waals surface area contributed by atoms with Crippen molar-refractivity contribution in [1.82, 2.24) is 5.32 Å². The summed E-state index contributed by atoms with van der Waals surface area (Å²) in [6, 6.07) is 6.99. The van der Waals surface area contributed by atoms with Crippen molar-refractivity contribution in [1.29, 1.82) is 0 Å². The summed E-state index contributed by atoms with van der Waals surface area (Å²) >= 11 is 0. The molecular weight excluding hydrogens is 320 g/mol. The number of fused-ring (bicyclic) bond motifs is 2. The minimum atomic E-state index is -0.913. The summed E-state index contributed by atoms with van der Waals surface area (Å²) in [6.45, 7) is 0. The molecule has 3 aliphatic carbocycles. The summed E-state index contributed by atoms with van der Waals surface area (Å²) in [6.07, 6.45) is 6.67. The molecule has 3 aliphatic rings. The smallest absolute Gasteiger partial charge is 0.307 e. The SMILES string of the molecule is O=C(NC1CC1)c1ccc(NC(=O)C2C3C=CC(C3)C2C(=O)O)cc1. The molecule has 130 valence electrons. The van der Waals surface area contributed by atoms with Gasteiger partial charge in [0.25, 0.3) is 5.91 Å². The Morgan fingerprint density at radius 3 is 2.20 bits per heavy atom. The van der Waals surface area contributed by atoms with Crippen LogP contribution < -0.4 is 10.6 Å². The van der Waals surface area contributed by atoms with Crippen LogP contribution in [0.1, 0.15) is 29.6 Å². The van der Waals surface area contributed by atoms with Gasteiger partial charge in [-0.3, -0.25) is 14.4 Å². The van der Waals surface area contributed by atoms with E-state index in [4.69, 9.17) is 0 Å². The minimum Gasteiger partial charge on any atom is -0.481 e. The molecule has 2 fully saturated rings. The first kappa shape index (κ1) is 15.9. The molecule has 6 nitrogen and oxygen atoms in total. The Labute approximate surface area is 145 Å². The Kier molecular flexibility index (Phi) is 3.82. The van der Waals surface area contributed by atoms with Crippen LogP contribution >= 0.6 is 0 Å². The predicted octanol–water partition coefficient (Wildman–Crippen LogP) is 2.04. The van der Waals surface area contributed by atoms with Crippen molar-refractivity contribution in [2.45, 2.75) is 25.3 Å². The normalized spacial score (nSPS) is 29.4. The van der Waals surface area contributed by atoms with Crippen LogP contribution in [0, 0.1) is 23.7 Å². The molecule has 0 spiro atoms. The predicted molar refractivity (Wildman–Crippen MR) is 90.9 cm³/mol. The third-order valence-corrected chi connectivity index (χ3v) is 5.37. The molecule has 0 radical (unpaired) electrons. The Morgan fingerprint density at radius 2 is 1.60 bits per heavy atom. The van der Waals surface area contributed by atoms with Crippen LogP contribution in [-0.4, -0.2) is 28.9 Å². The zero-order chi connectivity index (χ0) is 17.6. The lowest BCUT2D eigenvalue weighted by Crippen LogP contribution is -2.36. The van der Waals surface area contributed by atoms with E-state index in [0.29, 0.717) is 17.3 Å². The number of carboxylic acid groups (broad SMARTS) is 1. The van der Waals surface area contributed by atoms with Crippen molar-refractivity contribution < 1.29 is 19.5 Å². The molecule has 25 heavy (non-hydrogen) atoms. The number of amides is 2. The van der Waals surface area contributed by atoms with Crippen LogP contribution in [0.4, 0.5) is 5.69 Å². The standard InChI is InChI=1S/C19H20N2O4/c22-17(20-14-7-8-14)10-3-5-13(6-4-10)21-18(23)15-11-1-2-12(9-11)16(15)19(24)25/h1-6,11-12,14-16H,7-9H2,(H,20,22)(H,21,23)(H,24,25). The molecule has 0 heterocycles. The average Bonchev–Trinajstić information content (AvgIpc) is 3.16. The van der Waals surface area contributed by atoms with Gasteiger partial charge in [0.15, 0.2) is 0 Å². The van der Waals surface area contributed by atoms with E-state index in [0.717, 1.165) is 19.3 Å². The molecular formula is C19H20N2O4. The van der Waals surface area contributed by atoms with Crippen LogP contribution in [0.3, 0.4) is 0 Å². The van der Waals surface area contributed by atoms with E-state index < -0.39 is 17.8 Å². The fraction of sp³-hybridized carbons (Fsp3) is 0.421. The highest BCUT2D eigenvalue weighted by atomic mass is 16.4. The molecule has 6 heteroatoms. The Balaban J connectivity index is 1.43. The quantitative estimate of drug-likeness (QED) is 0.715.